The average molecular weight is 169 g/mol. The first-order chi connectivity index (χ1) is 5.14. The maximum absolute atomic E-state index is 5.25. The second kappa shape index (κ2) is 3.51. The van der Waals surface area contributed by atoms with Crippen LogP contribution in [0.25, 0.3) is 0 Å². The first-order valence-electron chi connectivity index (χ1n) is 3.94. The van der Waals surface area contributed by atoms with E-state index >= 15 is 0 Å². The molecule has 0 atom stereocenters. The van der Waals surface area contributed by atoms with Crippen molar-refractivity contribution in [3.05, 3.63) is 0 Å². The maximum atomic E-state index is 5.25. The van der Waals surface area contributed by atoms with Gasteiger partial charge in [0.25, 0.3) is 0 Å². The Hall–Kier alpha value is -0.130. The Bertz CT molecular complexity index is 169. The number of nitrogens with zero attached hydrogens (tertiary/aromatic N) is 1. The summed E-state index contributed by atoms with van der Waals surface area (Å²) in [7, 11) is 0. The minimum absolute atomic E-state index is 0.398. The molecule has 2 heteroatoms. The minimum atomic E-state index is 0.398. The first-order valence-corrected chi connectivity index (χ1v) is 4.92. The third-order valence-corrected chi connectivity index (χ3v) is 3.12. The van der Waals surface area contributed by atoms with Gasteiger partial charge in [-0.15, -0.1) is 6.42 Å². The summed E-state index contributed by atoms with van der Waals surface area (Å²) in [5, 5.41) is 0. The first kappa shape index (κ1) is 8.96. The Balaban J connectivity index is 2.41. The van der Waals surface area contributed by atoms with Crippen LogP contribution in [0.3, 0.4) is 0 Å². The quantitative estimate of drug-likeness (QED) is 0.547. The number of hydrogen-bond acceptors (Lipinski definition) is 2. The van der Waals surface area contributed by atoms with E-state index in [2.05, 4.69) is 24.7 Å². The smallest absolute Gasteiger partial charge is 0.0599 e. The van der Waals surface area contributed by atoms with E-state index in [0.29, 0.717) is 4.75 Å². The molecule has 62 valence electrons. The molecule has 0 N–H and O–H groups in total. The molecule has 1 saturated heterocycles. The van der Waals surface area contributed by atoms with Gasteiger partial charge in [-0.25, -0.2) is 0 Å². The van der Waals surface area contributed by atoms with Crippen LogP contribution in [0, 0.1) is 12.3 Å². The summed E-state index contributed by atoms with van der Waals surface area (Å²) in [6, 6.07) is 0. The van der Waals surface area contributed by atoms with Gasteiger partial charge >= 0.3 is 0 Å². The largest absolute Gasteiger partial charge is 0.290 e. The highest BCUT2D eigenvalue weighted by molar-refractivity contribution is 8.00. The fourth-order valence-corrected chi connectivity index (χ4v) is 2.55. The molecule has 11 heavy (non-hydrogen) atoms. The van der Waals surface area contributed by atoms with E-state index in [9.17, 15) is 0 Å². The van der Waals surface area contributed by atoms with Crippen LogP contribution < -0.4 is 0 Å². The highest BCUT2D eigenvalue weighted by Gasteiger charge is 2.25. The molecule has 1 aliphatic rings. The maximum Gasteiger partial charge on any atom is 0.0599 e. The molecule has 0 spiro atoms. The number of terminal acetylenes is 1. The Morgan fingerprint density at radius 3 is 2.91 bits per heavy atom. The fraction of sp³-hybridized carbons (Fsp3) is 0.778. The van der Waals surface area contributed by atoms with E-state index in [-0.39, 0.29) is 0 Å². The predicted molar refractivity (Wildman–Crippen MR) is 51.8 cm³/mol. The molecule has 1 aliphatic heterocycles. The van der Waals surface area contributed by atoms with Crippen molar-refractivity contribution in [3.63, 3.8) is 0 Å². The topological polar surface area (TPSA) is 3.24 Å². The SMILES string of the molecule is C#CCN1CCSC(C)(C)C1. The van der Waals surface area contributed by atoms with Crippen molar-refractivity contribution >= 4 is 11.8 Å². The molecule has 1 rings (SSSR count). The summed E-state index contributed by atoms with van der Waals surface area (Å²) in [6.45, 7) is 7.64. The van der Waals surface area contributed by atoms with Crippen molar-refractivity contribution in [2.75, 3.05) is 25.4 Å². The van der Waals surface area contributed by atoms with E-state index in [0.717, 1.165) is 19.6 Å². The molecule has 1 fully saturated rings. The third kappa shape index (κ3) is 2.76. The number of hydrogen-bond donors (Lipinski definition) is 0. The molecule has 0 aromatic heterocycles. The second-order valence-electron chi connectivity index (χ2n) is 3.52. The van der Waals surface area contributed by atoms with Crippen LogP contribution in [0.5, 0.6) is 0 Å². The fourth-order valence-electron chi connectivity index (χ4n) is 1.38. The zero-order valence-corrected chi connectivity index (χ0v) is 8.08. The Morgan fingerprint density at radius 2 is 2.36 bits per heavy atom. The lowest BCUT2D eigenvalue weighted by Gasteiger charge is -2.36. The molecule has 1 nitrogen and oxygen atoms in total. The van der Waals surface area contributed by atoms with E-state index in [4.69, 9.17) is 6.42 Å². The van der Waals surface area contributed by atoms with Gasteiger partial charge in [-0.3, -0.25) is 4.90 Å². The number of rotatable bonds is 1. The molecule has 0 aliphatic carbocycles. The highest BCUT2D eigenvalue weighted by atomic mass is 32.2. The Labute approximate surface area is 73.5 Å². The lowest BCUT2D eigenvalue weighted by Crippen LogP contribution is -2.43. The van der Waals surface area contributed by atoms with Gasteiger partial charge in [-0.2, -0.15) is 11.8 Å². The summed E-state index contributed by atoms with van der Waals surface area (Å²) < 4.78 is 0.398. The monoisotopic (exact) mass is 169 g/mol. The normalized spacial score (nSPS) is 24.5. The molecule has 0 unspecified atom stereocenters. The van der Waals surface area contributed by atoms with Crippen molar-refractivity contribution in [2.45, 2.75) is 18.6 Å². The second-order valence-corrected chi connectivity index (χ2v) is 5.33. The minimum Gasteiger partial charge on any atom is -0.290 e. The summed E-state index contributed by atoms with van der Waals surface area (Å²) in [4.78, 5) is 2.34. The molecule has 0 aromatic rings. The molecule has 0 radical (unpaired) electrons. The zero-order valence-electron chi connectivity index (χ0n) is 7.26. The molecular formula is C9H15NS. The Kier molecular flexibility index (Phi) is 2.86. The molecular weight excluding hydrogens is 154 g/mol. The summed E-state index contributed by atoms with van der Waals surface area (Å²) in [5.41, 5.74) is 0. The predicted octanol–water partition coefficient (Wildman–Crippen LogP) is 1.45. The molecule has 0 amide bonds. The van der Waals surface area contributed by atoms with Crippen molar-refractivity contribution in [2.24, 2.45) is 0 Å². The van der Waals surface area contributed by atoms with Gasteiger partial charge in [0, 0.05) is 23.6 Å². The average Bonchev–Trinajstić information content (AvgIpc) is 1.85. The van der Waals surface area contributed by atoms with E-state index in [1.54, 1.807) is 0 Å². The van der Waals surface area contributed by atoms with Crippen molar-refractivity contribution in [1.82, 2.24) is 4.90 Å². The van der Waals surface area contributed by atoms with E-state index in [1.807, 2.05) is 11.8 Å². The van der Waals surface area contributed by atoms with Crippen molar-refractivity contribution in [3.8, 4) is 12.3 Å². The molecule has 0 aromatic carbocycles. The van der Waals surface area contributed by atoms with E-state index in [1.165, 1.54) is 5.75 Å². The van der Waals surface area contributed by atoms with E-state index < -0.39 is 0 Å². The Morgan fingerprint density at radius 1 is 1.64 bits per heavy atom. The van der Waals surface area contributed by atoms with Crippen LogP contribution in [0.2, 0.25) is 0 Å². The van der Waals surface area contributed by atoms with Gasteiger partial charge in [0.2, 0.25) is 0 Å². The summed E-state index contributed by atoms with van der Waals surface area (Å²) >= 11 is 2.04. The van der Waals surface area contributed by atoms with Gasteiger partial charge in [0.05, 0.1) is 6.54 Å². The summed E-state index contributed by atoms with van der Waals surface area (Å²) in [5.74, 6) is 3.91. The van der Waals surface area contributed by atoms with Crippen LogP contribution in [0.1, 0.15) is 13.8 Å². The van der Waals surface area contributed by atoms with Gasteiger partial charge < -0.3 is 0 Å². The lowest BCUT2D eigenvalue weighted by molar-refractivity contribution is 0.291. The third-order valence-electron chi connectivity index (χ3n) is 1.82. The van der Waals surface area contributed by atoms with Crippen molar-refractivity contribution in [1.29, 1.82) is 0 Å². The van der Waals surface area contributed by atoms with Crippen LogP contribution in [-0.4, -0.2) is 35.0 Å². The standard InChI is InChI=1S/C9H15NS/c1-4-5-10-6-7-11-9(2,3)8-10/h1H,5-8H2,2-3H3. The van der Waals surface area contributed by atoms with Crippen LogP contribution >= 0.6 is 11.8 Å². The summed E-state index contributed by atoms with van der Waals surface area (Å²) in [6.07, 6.45) is 5.25. The van der Waals surface area contributed by atoms with Gasteiger partial charge in [0.1, 0.15) is 0 Å². The number of thioether (sulfide) groups is 1. The molecule has 0 saturated carbocycles. The van der Waals surface area contributed by atoms with Crippen molar-refractivity contribution < 1.29 is 0 Å². The highest BCUT2D eigenvalue weighted by Crippen LogP contribution is 2.28. The lowest BCUT2D eigenvalue weighted by atomic mass is 10.2. The van der Waals surface area contributed by atoms with Crippen LogP contribution in [0.15, 0.2) is 0 Å². The van der Waals surface area contributed by atoms with Gasteiger partial charge in [0.15, 0.2) is 0 Å². The van der Waals surface area contributed by atoms with Crippen LogP contribution in [-0.2, 0) is 0 Å². The van der Waals surface area contributed by atoms with Gasteiger partial charge in [-0.05, 0) is 13.8 Å². The van der Waals surface area contributed by atoms with Crippen LogP contribution in [0.4, 0.5) is 0 Å². The molecule has 0 bridgehead atoms. The van der Waals surface area contributed by atoms with Gasteiger partial charge in [-0.1, -0.05) is 5.92 Å². The zero-order chi connectivity index (χ0) is 8.32. The molecule has 1 heterocycles.